The van der Waals surface area contributed by atoms with Crippen molar-refractivity contribution in [1.29, 1.82) is 0 Å². The van der Waals surface area contributed by atoms with Gasteiger partial charge in [0.15, 0.2) is 5.82 Å². The lowest BCUT2D eigenvalue weighted by molar-refractivity contribution is -0.121. The molecule has 1 fully saturated rings. The smallest absolute Gasteiger partial charge is 0.236 e. The van der Waals surface area contributed by atoms with Crippen molar-refractivity contribution in [2.45, 2.75) is 31.1 Å². The molecule has 0 atom stereocenters. The average Bonchev–Trinajstić information content (AvgIpc) is 2.99. The molecular formula is C16H16BrN3O. The van der Waals surface area contributed by atoms with Gasteiger partial charge in [-0.05, 0) is 30.5 Å². The lowest BCUT2D eigenvalue weighted by Crippen LogP contribution is -2.38. The van der Waals surface area contributed by atoms with Crippen LogP contribution in [0.3, 0.4) is 0 Å². The van der Waals surface area contributed by atoms with Crippen LogP contribution in [-0.4, -0.2) is 15.9 Å². The standard InChI is InChI=1S/C16H16BrN3O/c17-13-5-3-4-12(10-13)16(6-1-2-7-16)15(21)20-14-11-18-8-9-19-14/h3-5,8-11H,1-2,6-7H2,(H,19,20,21). The minimum Gasteiger partial charge on any atom is -0.309 e. The van der Waals surface area contributed by atoms with Gasteiger partial charge in [0.25, 0.3) is 0 Å². The Morgan fingerprint density at radius 1 is 1.24 bits per heavy atom. The molecule has 108 valence electrons. The minimum absolute atomic E-state index is 0.0126. The van der Waals surface area contributed by atoms with Crippen molar-refractivity contribution in [3.8, 4) is 0 Å². The van der Waals surface area contributed by atoms with Gasteiger partial charge in [0, 0.05) is 16.9 Å². The lowest BCUT2D eigenvalue weighted by Gasteiger charge is -2.28. The SMILES string of the molecule is O=C(Nc1cnccn1)C1(c2cccc(Br)c2)CCCC1. The van der Waals surface area contributed by atoms with Crippen molar-refractivity contribution in [1.82, 2.24) is 9.97 Å². The molecule has 21 heavy (non-hydrogen) atoms. The molecule has 1 amide bonds. The summed E-state index contributed by atoms with van der Waals surface area (Å²) in [7, 11) is 0. The third kappa shape index (κ3) is 2.83. The zero-order valence-electron chi connectivity index (χ0n) is 11.6. The highest BCUT2D eigenvalue weighted by molar-refractivity contribution is 9.10. The number of hydrogen-bond donors (Lipinski definition) is 1. The van der Waals surface area contributed by atoms with Gasteiger partial charge in [0.2, 0.25) is 5.91 Å². The largest absolute Gasteiger partial charge is 0.309 e. The molecule has 0 aliphatic heterocycles. The van der Waals surface area contributed by atoms with E-state index in [9.17, 15) is 4.79 Å². The number of nitrogens with zero attached hydrogens (tertiary/aromatic N) is 2. The molecule has 0 unspecified atom stereocenters. The maximum absolute atomic E-state index is 12.9. The van der Waals surface area contributed by atoms with Crippen LogP contribution in [0, 0.1) is 0 Å². The predicted molar refractivity (Wildman–Crippen MR) is 84.9 cm³/mol. The van der Waals surface area contributed by atoms with Gasteiger partial charge in [-0.3, -0.25) is 9.78 Å². The number of carbonyl (C=O) groups is 1. The Hall–Kier alpha value is -1.75. The minimum atomic E-state index is -0.457. The van der Waals surface area contributed by atoms with Gasteiger partial charge in [0.05, 0.1) is 11.6 Å². The number of nitrogens with one attached hydrogen (secondary N) is 1. The van der Waals surface area contributed by atoms with Crippen LogP contribution >= 0.6 is 15.9 Å². The second-order valence-corrected chi connectivity index (χ2v) is 6.26. The maximum Gasteiger partial charge on any atom is 0.236 e. The molecular weight excluding hydrogens is 330 g/mol. The van der Waals surface area contributed by atoms with E-state index in [1.165, 1.54) is 0 Å². The molecule has 5 heteroatoms. The lowest BCUT2D eigenvalue weighted by atomic mass is 9.78. The van der Waals surface area contributed by atoms with Gasteiger partial charge in [-0.15, -0.1) is 0 Å². The number of anilines is 1. The number of halogens is 1. The van der Waals surface area contributed by atoms with Crippen molar-refractivity contribution < 1.29 is 4.79 Å². The summed E-state index contributed by atoms with van der Waals surface area (Å²) in [5, 5.41) is 2.91. The Morgan fingerprint density at radius 2 is 2.05 bits per heavy atom. The third-order valence-electron chi connectivity index (χ3n) is 4.07. The van der Waals surface area contributed by atoms with E-state index in [1.54, 1.807) is 18.6 Å². The Balaban J connectivity index is 1.92. The van der Waals surface area contributed by atoms with Crippen molar-refractivity contribution >= 4 is 27.7 Å². The van der Waals surface area contributed by atoms with Crippen LogP contribution in [-0.2, 0) is 10.2 Å². The maximum atomic E-state index is 12.9. The summed E-state index contributed by atoms with van der Waals surface area (Å²) < 4.78 is 0.999. The molecule has 1 aliphatic carbocycles. The quantitative estimate of drug-likeness (QED) is 0.922. The first kappa shape index (κ1) is 14.2. The van der Waals surface area contributed by atoms with E-state index in [4.69, 9.17) is 0 Å². The number of rotatable bonds is 3. The van der Waals surface area contributed by atoms with E-state index in [1.807, 2.05) is 24.3 Å². The topological polar surface area (TPSA) is 54.9 Å². The van der Waals surface area contributed by atoms with E-state index in [0.717, 1.165) is 35.7 Å². The highest BCUT2D eigenvalue weighted by Gasteiger charge is 2.42. The summed E-state index contributed by atoms with van der Waals surface area (Å²) in [6.07, 6.45) is 8.62. The first-order valence-electron chi connectivity index (χ1n) is 7.04. The third-order valence-corrected chi connectivity index (χ3v) is 4.57. The van der Waals surface area contributed by atoms with Gasteiger partial charge in [0.1, 0.15) is 0 Å². The summed E-state index contributed by atoms with van der Waals surface area (Å²) in [4.78, 5) is 21.0. The summed E-state index contributed by atoms with van der Waals surface area (Å²) >= 11 is 3.50. The van der Waals surface area contributed by atoms with Gasteiger partial charge in [-0.25, -0.2) is 4.98 Å². The van der Waals surface area contributed by atoms with Crippen LogP contribution < -0.4 is 5.32 Å². The van der Waals surface area contributed by atoms with E-state index >= 15 is 0 Å². The van der Waals surface area contributed by atoms with E-state index in [-0.39, 0.29) is 5.91 Å². The number of hydrogen-bond acceptors (Lipinski definition) is 3. The van der Waals surface area contributed by atoms with E-state index < -0.39 is 5.41 Å². The van der Waals surface area contributed by atoms with Crippen molar-refractivity contribution in [3.63, 3.8) is 0 Å². The molecule has 1 aromatic heterocycles. The number of carbonyl (C=O) groups excluding carboxylic acids is 1. The first-order chi connectivity index (χ1) is 10.2. The molecule has 1 aromatic carbocycles. The van der Waals surface area contributed by atoms with Gasteiger partial charge >= 0.3 is 0 Å². The fourth-order valence-electron chi connectivity index (χ4n) is 3.01. The molecule has 4 nitrogen and oxygen atoms in total. The average molecular weight is 346 g/mol. The molecule has 1 heterocycles. The zero-order chi connectivity index (χ0) is 14.7. The van der Waals surface area contributed by atoms with Gasteiger partial charge < -0.3 is 5.32 Å². The molecule has 0 saturated heterocycles. The normalized spacial score (nSPS) is 16.6. The second-order valence-electron chi connectivity index (χ2n) is 5.34. The molecule has 0 radical (unpaired) electrons. The van der Waals surface area contributed by atoms with E-state index in [0.29, 0.717) is 5.82 Å². The highest BCUT2D eigenvalue weighted by atomic mass is 79.9. The van der Waals surface area contributed by atoms with Crippen LogP contribution in [0.5, 0.6) is 0 Å². The first-order valence-corrected chi connectivity index (χ1v) is 7.83. The van der Waals surface area contributed by atoms with Crippen LogP contribution in [0.4, 0.5) is 5.82 Å². The fraction of sp³-hybridized carbons (Fsp3) is 0.312. The van der Waals surface area contributed by atoms with Crippen molar-refractivity contribution in [2.24, 2.45) is 0 Å². The molecule has 1 saturated carbocycles. The van der Waals surface area contributed by atoms with Crippen LogP contribution in [0.2, 0.25) is 0 Å². The predicted octanol–water partition coefficient (Wildman–Crippen LogP) is 3.69. The van der Waals surface area contributed by atoms with Gasteiger partial charge in [-0.1, -0.05) is 40.9 Å². The molecule has 0 spiro atoms. The number of aromatic nitrogens is 2. The van der Waals surface area contributed by atoms with Crippen molar-refractivity contribution in [2.75, 3.05) is 5.32 Å². The van der Waals surface area contributed by atoms with Crippen LogP contribution in [0.25, 0.3) is 0 Å². The summed E-state index contributed by atoms with van der Waals surface area (Å²) in [5.74, 6) is 0.516. The summed E-state index contributed by atoms with van der Waals surface area (Å²) in [5.41, 5.74) is 0.608. The molecule has 3 rings (SSSR count). The monoisotopic (exact) mass is 345 g/mol. The molecule has 1 N–H and O–H groups in total. The van der Waals surface area contributed by atoms with Crippen LogP contribution in [0.1, 0.15) is 31.2 Å². The second kappa shape index (κ2) is 5.93. The Labute approximate surface area is 132 Å². The van der Waals surface area contributed by atoms with Gasteiger partial charge in [-0.2, -0.15) is 0 Å². The Morgan fingerprint density at radius 3 is 2.71 bits per heavy atom. The highest BCUT2D eigenvalue weighted by Crippen LogP contribution is 2.42. The molecule has 2 aromatic rings. The number of amides is 1. The Bertz CT molecular complexity index is 639. The Kier molecular flexibility index (Phi) is 4.01. The summed E-state index contributed by atoms with van der Waals surface area (Å²) in [6.45, 7) is 0. The number of benzene rings is 1. The summed E-state index contributed by atoms with van der Waals surface area (Å²) in [6, 6.07) is 8.04. The van der Waals surface area contributed by atoms with Crippen molar-refractivity contribution in [3.05, 3.63) is 52.9 Å². The zero-order valence-corrected chi connectivity index (χ0v) is 13.1. The van der Waals surface area contributed by atoms with E-state index in [2.05, 4.69) is 31.2 Å². The molecule has 1 aliphatic rings. The van der Waals surface area contributed by atoms with Crippen LogP contribution in [0.15, 0.2) is 47.3 Å². The fourth-order valence-corrected chi connectivity index (χ4v) is 3.41. The molecule has 0 bridgehead atoms.